The number of nitriles is 1. The molecule has 4 heteroatoms. The molecule has 0 radical (unpaired) electrons. The first-order chi connectivity index (χ1) is 8.72. The van der Waals surface area contributed by atoms with Crippen LogP contribution >= 0.6 is 0 Å². The third-order valence-corrected chi connectivity index (χ3v) is 3.06. The molecule has 4 nitrogen and oxygen atoms in total. The van der Waals surface area contributed by atoms with E-state index in [4.69, 9.17) is 14.7 Å². The van der Waals surface area contributed by atoms with Crippen LogP contribution in [0.3, 0.4) is 0 Å². The van der Waals surface area contributed by atoms with Crippen LogP contribution in [0.15, 0.2) is 18.2 Å². The van der Waals surface area contributed by atoms with Gasteiger partial charge in [-0.2, -0.15) is 5.26 Å². The Kier molecular flexibility index (Phi) is 4.06. The van der Waals surface area contributed by atoms with Crippen LogP contribution in [0.2, 0.25) is 0 Å². The Balaban J connectivity index is 2.29. The first-order valence-electron chi connectivity index (χ1n) is 6.15. The van der Waals surface area contributed by atoms with Crippen molar-refractivity contribution in [1.82, 2.24) is 4.90 Å². The van der Waals surface area contributed by atoms with E-state index in [1.807, 2.05) is 37.2 Å². The molecule has 1 aromatic carbocycles. The van der Waals surface area contributed by atoms with Gasteiger partial charge in [0, 0.05) is 12.5 Å². The largest absolute Gasteiger partial charge is 0.490 e. The standard InChI is InChI=1S/C14H18N2O2/c1-16(2)12(6-7-15)11-4-5-13-14(10-11)18-9-3-8-17-13/h4-5,10,12H,3,6,8-9H2,1-2H3. The first kappa shape index (κ1) is 12.7. The zero-order valence-electron chi connectivity index (χ0n) is 10.8. The highest BCUT2D eigenvalue weighted by atomic mass is 16.5. The molecule has 0 saturated heterocycles. The third kappa shape index (κ3) is 2.74. The number of ether oxygens (including phenoxy) is 2. The second-order valence-corrected chi connectivity index (χ2v) is 4.60. The number of hydrogen-bond donors (Lipinski definition) is 0. The SMILES string of the molecule is CN(C)C(CC#N)c1ccc2c(c1)OCCCO2. The predicted molar refractivity (Wildman–Crippen MR) is 68.7 cm³/mol. The lowest BCUT2D eigenvalue weighted by molar-refractivity contribution is 0.294. The lowest BCUT2D eigenvalue weighted by atomic mass is 10.0. The average molecular weight is 246 g/mol. The summed E-state index contributed by atoms with van der Waals surface area (Å²) in [4.78, 5) is 2.04. The summed E-state index contributed by atoms with van der Waals surface area (Å²) >= 11 is 0. The number of benzene rings is 1. The van der Waals surface area contributed by atoms with Crippen LogP contribution in [-0.4, -0.2) is 32.2 Å². The lowest BCUT2D eigenvalue weighted by Gasteiger charge is -2.23. The van der Waals surface area contributed by atoms with Gasteiger partial charge in [0.1, 0.15) is 0 Å². The maximum Gasteiger partial charge on any atom is 0.161 e. The van der Waals surface area contributed by atoms with Crippen molar-refractivity contribution in [2.24, 2.45) is 0 Å². The van der Waals surface area contributed by atoms with Crippen molar-refractivity contribution in [2.45, 2.75) is 18.9 Å². The molecule has 0 aliphatic carbocycles. The minimum atomic E-state index is 0.0900. The van der Waals surface area contributed by atoms with Gasteiger partial charge in [-0.15, -0.1) is 0 Å². The Bertz CT molecular complexity index is 452. The molecule has 1 aliphatic rings. The van der Waals surface area contributed by atoms with Crippen LogP contribution in [-0.2, 0) is 0 Å². The molecule has 1 aliphatic heterocycles. The number of fused-ring (bicyclic) bond motifs is 1. The van der Waals surface area contributed by atoms with Gasteiger partial charge in [0.05, 0.1) is 25.7 Å². The van der Waals surface area contributed by atoms with Crippen LogP contribution in [0, 0.1) is 11.3 Å². The van der Waals surface area contributed by atoms with Gasteiger partial charge in [-0.25, -0.2) is 0 Å². The molecule has 1 unspecified atom stereocenters. The first-order valence-corrected chi connectivity index (χ1v) is 6.15. The second-order valence-electron chi connectivity index (χ2n) is 4.60. The summed E-state index contributed by atoms with van der Waals surface area (Å²) < 4.78 is 11.3. The van der Waals surface area contributed by atoms with Gasteiger partial charge >= 0.3 is 0 Å². The average Bonchev–Trinajstić information content (AvgIpc) is 2.59. The van der Waals surface area contributed by atoms with Gasteiger partial charge in [0.2, 0.25) is 0 Å². The van der Waals surface area contributed by atoms with E-state index in [1.54, 1.807) is 0 Å². The molecular weight excluding hydrogens is 228 g/mol. The van der Waals surface area contributed by atoms with E-state index in [0.717, 1.165) is 23.5 Å². The van der Waals surface area contributed by atoms with Crippen LogP contribution < -0.4 is 9.47 Å². The molecule has 0 N–H and O–H groups in total. The van der Waals surface area contributed by atoms with E-state index < -0.39 is 0 Å². The Hall–Kier alpha value is -1.73. The molecule has 2 rings (SSSR count). The maximum atomic E-state index is 8.90. The normalized spacial score (nSPS) is 15.9. The molecule has 0 fully saturated rings. The number of hydrogen-bond acceptors (Lipinski definition) is 4. The quantitative estimate of drug-likeness (QED) is 0.821. The predicted octanol–water partition coefficient (Wildman–Crippen LogP) is 2.36. The molecule has 0 bridgehead atoms. The fourth-order valence-corrected chi connectivity index (χ4v) is 2.07. The van der Waals surface area contributed by atoms with Crippen molar-refractivity contribution in [2.75, 3.05) is 27.3 Å². The molecule has 0 aromatic heterocycles. The van der Waals surface area contributed by atoms with Gasteiger partial charge in [0.25, 0.3) is 0 Å². The molecular formula is C14H18N2O2. The fraction of sp³-hybridized carbons (Fsp3) is 0.500. The summed E-state index contributed by atoms with van der Waals surface area (Å²) in [6.07, 6.45) is 1.37. The van der Waals surface area contributed by atoms with Crippen LogP contribution in [0.1, 0.15) is 24.4 Å². The fourth-order valence-electron chi connectivity index (χ4n) is 2.07. The molecule has 18 heavy (non-hydrogen) atoms. The second kappa shape index (κ2) is 5.74. The summed E-state index contributed by atoms with van der Waals surface area (Å²) in [7, 11) is 3.95. The summed E-state index contributed by atoms with van der Waals surface area (Å²) in [6, 6.07) is 8.25. The molecule has 1 aromatic rings. The van der Waals surface area contributed by atoms with E-state index in [9.17, 15) is 0 Å². The van der Waals surface area contributed by atoms with Gasteiger partial charge in [0.15, 0.2) is 11.5 Å². The highest BCUT2D eigenvalue weighted by molar-refractivity contribution is 5.44. The van der Waals surface area contributed by atoms with Crippen molar-refractivity contribution in [3.8, 4) is 17.6 Å². The van der Waals surface area contributed by atoms with E-state index in [2.05, 4.69) is 6.07 Å². The van der Waals surface area contributed by atoms with Gasteiger partial charge in [-0.05, 0) is 31.8 Å². The monoisotopic (exact) mass is 246 g/mol. The zero-order valence-corrected chi connectivity index (χ0v) is 10.8. The summed E-state index contributed by atoms with van der Waals surface area (Å²) in [6.45, 7) is 1.38. The molecule has 0 amide bonds. The number of nitrogens with zero attached hydrogens (tertiary/aromatic N) is 2. The van der Waals surface area contributed by atoms with Crippen molar-refractivity contribution in [3.05, 3.63) is 23.8 Å². The van der Waals surface area contributed by atoms with E-state index in [-0.39, 0.29) is 6.04 Å². The minimum absolute atomic E-state index is 0.0900. The Labute approximate surface area is 108 Å². The van der Waals surface area contributed by atoms with Crippen molar-refractivity contribution in [1.29, 1.82) is 5.26 Å². The Morgan fingerprint density at radius 2 is 2.00 bits per heavy atom. The molecule has 1 heterocycles. The van der Waals surface area contributed by atoms with E-state index in [0.29, 0.717) is 19.6 Å². The number of rotatable bonds is 3. The zero-order chi connectivity index (χ0) is 13.0. The van der Waals surface area contributed by atoms with Crippen LogP contribution in [0.5, 0.6) is 11.5 Å². The van der Waals surface area contributed by atoms with Gasteiger partial charge in [-0.3, -0.25) is 0 Å². The van der Waals surface area contributed by atoms with Crippen LogP contribution in [0.4, 0.5) is 0 Å². The maximum absolute atomic E-state index is 8.90. The topological polar surface area (TPSA) is 45.5 Å². The van der Waals surface area contributed by atoms with Gasteiger partial charge < -0.3 is 14.4 Å². The molecule has 96 valence electrons. The van der Waals surface area contributed by atoms with Crippen LogP contribution in [0.25, 0.3) is 0 Å². The molecule has 0 spiro atoms. The van der Waals surface area contributed by atoms with Gasteiger partial charge in [-0.1, -0.05) is 6.07 Å². The molecule has 1 atom stereocenters. The highest BCUT2D eigenvalue weighted by Crippen LogP contribution is 2.34. The lowest BCUT2D eigenvalue weighted by Crippen LogP contribution is -2.19. The highest BCUT2D eigenvalue weighted by Gasteiger charge is 2.17. The molecule has 0 saturated carbocycles. The smallest absolute Gasteiger partial charge is 0.161 e. The summed E-state index contributed by atoms with van der Waals surface area (Å²) in [5.74, 6) is 1.58. The van der Waals surface area contributed by atoms with Crippen molar-refractivity contribution < 1.29 is 9.47 Å². The Morgan fingerprint density at radius 1 is 1.28 bits per heavy atom. The minimum Gasteiger partial charge on any atom is -0.490 e. The van der Waals surface area contributed by atoms with Crippen molar-refractivity contribution >= 4 is 0 Å². The Morgan fingerprint density at radius 3 is 2.67 bits per heavy atom. The van der Waals surface area contributed by atoms with E-state index in [1.165, 1.54) is 0 Å². The summed E-state index contributed by atoms with van der Waals surface area (Å²) in [5.41, 5.74) is 1.09. The van der Waals surface area contributed by atoms with E-state index >= 15 is 0 Å². The van der Waals surface area contributed by atoms with Crippen molar-refractivity contribution in [3.63, 3.8) is 0 Å². The third-order valence-electron chi connectivity index (χ3n) is 3.06. The summed E-state index contributed by atoms with van der Waals surface area (Å²) in [5, 5.41) is 8.90.